The number of hydrogen-bond acceptors (Lipinski definition) is 5. The molecule has 2 aromatic heterocycles. The van der Waals surface area contributed by atoms with E-state index in [0.717, 1.165) is 16.3 Å². The first-order valence-electron chi connectivity index (χ1n) is 8.80. The van der Waals surface area contributed by atoms with Crippen molar-refractivity contribution in [2.45, 2.75) is 12.7 Å². The van der Waals surface area contributed by atoms with Gasteiger partial charge in [-0.25, -0.2) is 4.68 Å². The van der Waals surface area contributed by atoms with Crippen LogP contribution in [-0.4, -0.2) is 19.7 Å². The Balaban J connectivity index is 1.52. The van der Waals surface area contributed by atoms with Gasteiger partial charge in [-0.1, -0.05) is 12.1 Å². The summed E-state index contributed by atoms with van der Waals surface area (Å²) in [5.41, 5.74) is 1.12. The number of fused-ring (bicyclic) bond motifs is 1. The summed E-state index contributed by atoms with van der Waals surface area (Å²) in [6.07, 6.45) is -0.219. The lowest BCUT2D eigenvalue weighted by atomic mass is 10.1. The standard InChI is InChI=1S/C20H14F3N5O2/c21-20(22,23)19-8-10-27(26-19)14-3-1-13(2-4-14)11-25-17-5-6-18(28(29)30)16-12-24-9-7-15(16)17/h1-10,12,25H,11H2. The summed E-state index contributed by atoms with van der Waals surface area (Å²) in [5.74, 6) is 0. The number of nitrogens with one attached hydrogen (secondary N) is 1. The summed E-state index contributed by atoms with van der Waals surface area (Å²) in [4.78, 5) is 14.7. The van der Waals surface area contributed by atoms with Gasteiger partial charge in [-0.3, -0.25) is 15.1 Å². The predicted molar refractivity (Wildman–Crippen MR) is 104 cm³/mol. The first kappa shape index (κ1) is 19.4. The molecule has 0 spiro atoms. The zero-order valence-corrected chi connectivity index (χ0v) is 15.3. The van der Waals surface area contributed by atoms with Gasteiger partial charge in [-0.2, -0.15) is 18.3 Å². The number of pyridine rings is 1. The summed E-state index contributed by atoms with van der Waals surface area (Å²) < 4.78 is 39.3. The fourth-order valence-electron chi connectivity index (χ4n) is 3.07. The van der Waals surface area contributed by atoms with Gasteiger partial charge in [0.2, 0.25) is 0 Å². The first-order valence-corrected chi connectivity index (χ1v) is 8.80. The Labute approximate surface area is 167 Å². The fraction of sp³-hybridized carbons (Fsp3) is 0.100. The molecule has 0 saturated heterocycles. The molecule has 152 valence electrons. The molecule has 0 aliphatic rings. The number of anilines is 1. The molecule has 2 aromatic carbocycles. The highest BCUT2D eigenvalue weighted by molar-refractivity contribution is 5.99. The van der Waals surface area contributed by atoms with E-state index >= 15 is 0 Å². The van der Waals surface area contributed by atoms with Crippen LogP contribution < -0.4 is 5.32 Å². The van der Waals surface area contributed by atoms with Gasteiger partial charge in [0.1, 0.15) is 0 Å². The molecule has 0 radical (unpaired) electrons. The van der Waals surface area contributed by atoms with Crippen LogP contribution in [0.5, 0.6) is 0 Å². The first-order chi connectivity index (χ1) is 14.3. The van der Waals surface area contributed by atoms with Crippen LogP contribution in [0.25, 0.3) is 16.5 Å². The van der Waals surface area contributed by atoms with Gasteiger partial charge in [0.05, 0.1) is 16.0 Å². The number of rotatable bonds is 5. The number of benzene rings is 2. The number of halogens is 3. The van der Waals surface area contributed by atoms with E-state index in [0.29, 0.717) is 28.7 Å². The number of alkyl halides is 3. The zero-order valence-electron chi connectivity index (χ0n) is 15.3. The number of aromatic nitrogens is 3. The molecule has 1 N–H and O–H groups in total. The van der Waals surface area contributed by atoms with Crippen LogP contribution in [0.1, 0.15) is 11.3 Å². The van der Waals surface area contributed by atoms with E-state index in [4.69, 9.17) is 0 Å². The average Bonchev–Trinajstić information content (AvgIpc) is 3.23. The molecule has 0 atom stereocenters. The van der Waals surface area contributed by atoms with Crippen molar-refractivity contribution in [3.05, 3.63) is 88.5 Å². The fourth-order valence-corrected chi connectivity index (χ4v) is 3.07. The van der Waals surface area contributed by atoms with E-state index in [1.807, 2.05) is 0 Å². The van der Waals surface area contributed by atoms with Crippen LogP contribution in [-0.2, 0) is 12.7 Å². The largest absolute Gasteiger partial charge is 0.435 e. The third kappa shape index (κ3) is 3.79. The van der Waals surface area contributed by atoms with Crippen LogP contribution in [0.2, 0.25) is 0 Å². The van der Waals surface area contributed by atoms with E-state index in [1.165, 1.54) is 18.5 Å². The van der Waals surface area contributed by atoms with Crippen molar-refractivity contribution < 1.29 is 18.1 Å². The van der Waals surface area contributed by atoms with Crippen LogP contribution in [0.3, 0.4) is 0 Å². The molecule has 0 bridgehead atoms. The summed E-state index contributed by atoms with van der Waals surface area (Å²) in [7, 11) is 0. The maximum absolute atomic E-state index is 12.7. The van der Waals surface area contributed by atoms with Crippen LogP contribution in [0, 0.1) is 10.1 Å². The van der Waals surface area contributed by atoms with Gasteiger partial charge in [0.25, 0.3) is 5.69 Å². The van der Waals surface area contributed by atoms with E-state index in [9.17, 15) is 23.3 Å². The Morgan fingerprint density at radius 1 is 1.03 bits per heavy atom. The number of nitro benzene ring substituents is 1. The Morgan fingerprint density at radius 3 is 2.47 bits per heavy atom. The molecule has 0 aliphatic carbocycles. The van der Waals surface area contributed by atoms with Gasteiger partial charge in [-0.15, -0.1) is 0 Å². The molecule has 0 unspecified atom stereocenters. The molecule has 0 saturated carbocycles. The molecule has 0 aliphatic heterocycles. The SMILES string of the molecule is O=[N+]([O-])c1ccc(NCc2ccc(-n3ccc(C(F)(F)F)n3)cc2)c2ccncc12. The molecular weight excluding hydrogens is 399 g/mol. The molecule has 4 rings (SSSR count). The average molecular weight is 413 g/mol. The van der Waals surface area contributed by atoms with Crippen molar-refractivity contribution in [3.63, 3.8) is 0 Å². The lowest BCUT2D eigenvalue weighted by Gasteiger charge is -2.11. The monoisotopic (exact) mass is 413 g/mol. The van der Waals surface area contributed by atoms with Gasteiger partial charge in [-0.05, 0) is 35.9 Å². The van der Waals surface area contributed by atoms with Gasteiger partial charge >= 0.3 is 6.18 Å². The summed E-state index contributed by atoms with van der Waals surface area (Å²) in [6, 6.07) is 12.6. The molecule has 30 heavy (non-hydrogen) atoms. The molecular formula is C20H14F3N5O2. The van der Waals surface area contributed by atoms with E-state index in [1.54, 1.807) is 42.6 Å². The Morgan fingerprint density at radius 2 is 1.80 bits per heavy atom. The predicted octanol–water partition coefficient (Wildman–Crippen LogP) is 4.96. The van der Waals surface area contributed by atoms with Gasteiger partial charge < -0.3 is 5.32 Å². The highest BCUT2D eigenvalue weighted by atomic mass is 19.4. The molecule has 0 amide bonds. The molecule has 7 nitrogen and oxygen atoms in total. The van der Waals surface area contributed by atoms with Crippen molar-refractivity contribution in [1.82, 2.24) is 14.8 Å². The second-order valence-corrected chi connectivity index (χ2v) is 6.47. The van der Waals surface area contributed by atoms with Crippen molar-refractivity contribution in [1.29, 1.82) is 0 Å². The van der Waals surface area contributed by atoms with Gasteiger partial charge in [0, 0.05) is 42.3 Å². The summed E-state index contributed by atoms with van der Waals surface area (Å²) >= 11 is 0. The summed E-state index contributed by atoms with van der Waals surface area (Å²) in [6.45, 7) is 0.419. The minimum absolute atomic E-state index is 0.0227. The minimum Gasteiger partial charge on any atom is -0.380 e. The Bertz CT molecular complexity index is 1220. The smallest absolute Gasteiger partial charge is 0.380 e. The van der Waals surface area contributed by atoms with Gasteiger partial charge in [0.15, 0.2) is 5.69 Å². The number of non-ortho nitro benzene ring substituents is 1. The highest BCUT2D eigenvalue weighted by Gasteiger charge is 2.33. The summed E-state index contributed by atoms with van der Waals surface area (Å²) in [5, 5.41) is 19.1. The lowest BCUT2D eigenvalue weighted by molar-refractivity contribution is -0.383. The maximum Gasteiger partial charge on any atom is 0.435 e. The quantitative estimate of drug-likeness (QED) is 0.369. The van der Waals surface area contributed by atoms with Crippen LogP contribution in [0.15, 0.2) is 67.1 Å². The normalized spacial score (nSPS) is 11.6. The second kappa shape index (κ2) is 7.47. The highest BCUT2D eigenvalue weighted by Crippen LogP contribution is 2.31. The zero-order chi connectivity index (χ0) is 21.3. The topological polar surface area (TPSA) is 85.9 Å². The second-order valence-electron chi connectivity index (χ2n) is 6.47. The number of hydrogen-bond donors (Lipinski definition) is 1. The Kier molecular flexibility index (Phi) is 4.82. The third-order valence-electron chi connectivity index (χ3n) is 4.56. The molecule has 4 aromatic rings. The van der Waals surface area contributed by atoms with Crippen LogP contribution in [0.4, 0.5) is 24.5 Å². The van der Waals surface area contributed by atoms with Crippen molar-refractivity contribution in [3.8, 4) is 5.69 Å². The van der Waals surface area contributed by atoms with E-state index < -0.39 is 16.8 Å². The third-order valence-corrected chi connectivity index (χ3v) is 4.56. The lowest BCUT2D eigenvalue weighted by Crippen LogP contribution is -2.07. The van der Waals surface area contributed by atoms with E-state index in [2.05, 4.69) is 15.4 Å². The number of nitro groups is 1. The van der Waals surface area contributed by atoms with Crippen LogP contribution >= 0.6 is 0 Å². The molecule has 2 heterocycles. The van der Waals surface area contributed by atoms with Crippen molar-refractivity contribution in [2.75, 3.05) is 5.32 Å². The van der Waals surface area contributed by atoms with E-state index in [-0.39, 0.29) is 5.69 Å². The van der Waals surface area contributed by atoms with Crippen molar-refractivity contribution in [2.24, 2.45) is 0 Å². The van der Waals surface area contributed by atoms with Crippen molar-refractivity contribution >= 4 is 22.1 Å². The maximum atomic E-state index is 12.7. The minimum atomic E-state index is -4.49. The molecule has 10 heteroatoms. The number of nitrogens with zero attached hydrogens (tertiary/aromatic N) is 4. The molecule has 0 fully saturated rings. The Hall–Kier alpha value is -3.95.